The number of fused-ring (bicyclic) bond motifs is 3. The lowest BCUT2D eigenvalue weighted by Gasteiger charge is -2.26. The molecule has 3 heterocycles. The van der Waals surface area contributed by atoms with E-state index in [0.717, 1.165) is 56.0 Å². The normalized spacial score (nSPS) is 11.5. The monoisotopic (exact) mass is 610 g/mol. The largest absolute Gasteiger partial charge is 0.456 e. The molecule has 0 spiro atoms. The van der Waals surface area contributed by atoms with E-state index in [9.17, 15) is 0 Å². The number of oxazole rings is 1. The Morgan fingerprint density at radius 1 is 0.478 bits per heavy atom. The van der Waals surface area contributed by atoms with Gasteiger partial charge >= 0.3 is 0 Å². The number of anilines is 3. The molecule has 0 saturated carbocycles. The minimum absolute atomic E-state index is 0.610. The molecule has 0 aliphatic heterocycles. The molecule has 9 aromatic rings. The summed E-state index contributed by atoms with van der Waals surface area (Å²) in [6, 6.07) is 54.6. The van der Waals surface area contributed by atoms with E-state index in [1.54, 1.807) is 0 Å². The zero-order valence-corrected chi connectivity index (χ0v) is 25.4. The van der Waals surface area contributed by atoms with Crippen molar-refractivity contribution in [1.82, 2.24) is 4.98 Å². The molecule has 0 amide bonds. The first-order chi connectivity index (χ1) is 22.7. The zero-order valence-electron chi connectivity index (χ0n) is 24.6. The average molecular weight is 611 g/mol. The van der Waals surface area contributed by atoms with Gasteiger partial charge in [-0.15, -0.1) is 11.3 Å². The van der Waals surface area contributed by atoms with Gasteiger partial charge < -0.3 is 13.7 Å². The minimum Gasteiger partial charge on any atom is -0.456 e. The second kappa shape index (κ2) is 10.9. The van der Waals surface area contributed by atoms with Crippen molar-refractivity contribution in [3.63, 3.8) is 0 Å². The Labute approximate surface area is 269 Å². The smallest absolute Gasteiger partial charge is 0.227 e. The maximum absolute atomic E-state index is 6.24. The Morgan fingerprint density at radius 3 is 1.93 bits per heavy atom. The molecule has 0 radical (unpaired) electrons. The van der Waals surface area contributed by atoms with Crippen LogP contribution in [0.2, 0.25) is 0 Å². The number of hydrogen-bond donors (Lipinski definition) is 0. The van der Waals surface area contributed by atoms with Crippen LogP contribution in [0.25, 0.3) is 65.4 Å². The molecular weight excluding hydrogens is 585 g/mol. The molecule has 9 rings (SSSR count). The molecule has 4 nitrogen and oxygen atoms in total. The fourth-order valence-electron chi connectivity index (χ4n) is 6.02. The standard InChI is InChI=1S/C41H26N2O2S/c1-4-13-36-30(8-1)25-38(44-36)29-10-7-11-34(24-29)43(32-20-16-27(17-21-32)40-26-31-9-2-6-15-39(31)46-40)33-22-18-28(19-23-33)41-42-35-12-3-5-14-37(35)45-41/h1-26H. The van der Waals surface area contributed by atoms with Crippen molar-refractivity contribution in [3.05, 3.63) is 158 Å². The van der Waals surface area contributed by atoms with Crippen molar-refractivity contribution in [3.8, 4) is 33.2 Å². The lowest BCUT2D eigenvalue weighted by molar-refractivity contribution is 0.620. The molecule has 0 aliphatic rings. The van der Waals surface area contributed by atoms with Crippen LogP contribution in [0.1, 0.15) is 0 Å². The van der Waals surface area contributed by atoms with Crippen LogP contribution < -0.4 is 4.90 Å². The summed E-state index contributed by atoms with van der Waals surface area (Å²) in [6.07, 6.45) is 0. The van der Waals surface area contributed by atoms with Crippen LogP contribution in [-0.4, -0.2) is 4.98 Å². The van der Waals surface area contributed by atoms with E-state index < -0.39 is 0 Å². The SMILES string of the molecule is c1cc(-c2cc3ccccc3o2)cc(N(c2ccc(-c3nc4ccccc4o3)cc2)c2ccc(-c3cc4ccccc4s3)cc2)c1. The van der Waals surface area contributed by atoms with Crippen LogP contribution in [0.15, 0.2) is 167 Å². The van der Waals surface area contributed by atoms with Crippen LogP contribution in [0.4, 0.5) is 17.1 Å². The van der Waals surface area contributed by atoms with Crippen LogP contribution in [0.3, 0.4) is 0 Å². The lowest BCUT2D eigenvalue weighted by Crippen LogP contribution is -2.10. The fraction of sp³-hybridized carbons (Fsp3) is 0. The van der Waals surface area contributed by atoms with Gasteiger partial charge in [0, 0.05) is 43.2 Å². The summed E-state index contributed by atoms with van der Waals surface area (Å²) in [5.41, 5.74) is 8.77. The van der Waals surface area contributed by atoms with Crippen molar-refractivity contribution in [2.45, 2.75) is 0 Å². The summed E-state index contributed by atoms with van der Waals surface area (Å²) in [4.78, 5) is 8.23. The van der Waals surface area contributed by atoms with Crippen molar-refractivity contribution in [2.24, 2.45) is 0 Å². The Bertz CT molecular complexity index is 2270. The number of hydrogen-bond acceptors (Lipinski definition) is 5. The van der Waals surface area contributed by atoms with Gasteiger partial charge in [0.1, 0.15) is 16.9 Å². The summed E-state index contributed by atoms with van der Waals surface area (Å²) in [5.74, 6) is 1.45. The molecule has 0 bridgehead atoms. The van der Waals surface area contributed by atoms with E-state index in [2.05, 4.69) is 120 Å². The molecule has 0 atom stereocenters. The number of thiophene rings is 1. The van der Waals surface area contributed by atoms with Gasteiger partial charge in [-0.1, -0.05) is 72.8 Å². The van der Waals surface area contributed by atoms with Gasteiger partial charge in [-0.2, -0.15) is 0 Å². The Morgan fingerprint density at radius 2 is 1.17 bits per heavy atom. The number of aromatic nitrogens is 1. The fourth-order valence-corrected chi connectivity index (χ4v) is 7.09. The van der Waals surface area contributed by atoms with Gasteiger partial charge in [-0.05, 0) is 95.9 Å². The maximum Gasteiger partial charge on any atom is 0.227 e. The van der Waals surface area contributed by atoms with Crippen molar-refractivity contribution >= 4 is 60.6 Å². The van der Waals surface area contributed by atoms with Crippen molar-refractivity contribution in [2.75, 3.05) is 4.90 Å². The van der Waals surface area contributed by atoms with Crippen LogP contribution in [-0.2, 0) is 0 Å². The molecule has 0 fully saturated rings. The molecule has 6 aromatic carbocycles. The van der Waals surface area contributed by atoms with Crippen molar-refractivity contribution < 1.29 is 8.83 Å². The first kappa shape index (κ1) is 26.5. The Kier molecular flexibility index (Phi) is 6.28. The van der Waals surface area contributed by atoms with Gasteiger partial charge in [-0.25, -0.2) is 4.98 Å². The van der Waals surface area contributed by atoms with E-state index in [1.165, 1.54) is 20.5 Å². The van der Waals surface area contributed by atoms with Gasteiger partial charge in [0.25, 0.3) is 0 Å². The highest BCUT2D eigenvalue weighted by atomic mass is 32.1. The highest BCUT2D eigenvalue weighted by Crippen LogP contribution is 2.40. The molecule has 3 aromatic heterocycles. The number of rotatable bonds is 6. The second-order valence-electron chi connectivity index (χ2n) is 11.3. The third-order valence-electron chi connectivity index (χ3n) is 8.32. The molecule has 0 aliphatic carbocycles. The zero-order chi connectivity index (χ0) is 30.5. The van der Waals surface area contributed by atoms with Crippen LogP contribution in [0.5, 0.6) is 0 Å². The number of para-hydroxylation sites is 3. The average Bonchev–Trinajstić information content (AvgIpc) is 3.86. The third-order valence-corrected chi connectivity index (χ3v) is 9.48. The van der Waals surface area contributed by atoms with E-state index in [-0.39, 0.29) is 0 Å². The quantitative estimate of drug-likeness (QED) is 0.188. The van der Waals surface area contributed by atoms with E-state index in [4.69, 9.17) is 13.8 Å². The summed E-state index contributed by atoms with van der Waals surface area (Å²) in [6.45, 7) is 0. The molecule has 46 heavy (non-hydrogen) atoms. The number of nitrogens with zero attached hydrogens (tertiary/aromatic N) is 2. The summed E-state index contributed by atoms with van der Waals surface area (Å²) >= 11 is 1.82. The van der Waals surface area contributed by atoms with Gasteiger partial charge in [-0.3, -0.25) is 0 Å². The maximum atomic E-state index is 6.24. The highest BCUT2D eigenvalue weighted by molar-refractivity contribution is 7.22. The van der Waals surface area contributed by atoms with Gasteiger partial charge in [0.05, 0.1) is 0 Å². The topological polar surface area (TPSA) is 42.4 Å². The summed E-state index contributed by atoms with van der Waals surface area (Å²) in [5, 5.41) is 2.36. The molecular formula is C41H26N2O2S. The molecule has 0 unspecified atom stereocenters. The Balaban J connectivity index is 1.12. The second-order valence-corrected chi connectivity index (χ2v) is 12.3. The first-order valence-corrected chi connectivity index (χ1v) is 16.0. The molecule has 0 saturated heterocycles. The first-order valence-electron chi connectivity index (χ1n) is 15.2. The van der Waals surface area contributed by atoms with E-state index in [1.807, 2.05) is 53.8 Å². The third kappa shape index (κ3) is 4.74. The Hall–Kier alpha value is -5.91. The summed E-state index contributed by atoms with van der Waals surface area (Å²) < 4.78 is 13.6. The number of furan rings is 1. The van der Waals surface area contributed by atoms with E-state index >= 15 is 0 Å². The lowest BCUT2D eigenvalue weighted by atomic mass is 10.1. The van der Waals surface area contributed by atoms with Gasteiger partial charge in [0.15, 0.2) is 5.58 Å². The molecule has 5 heteroatoms. The predicted molar refractivity (Wildman–Crippen MR) is 190 cm³/mol. The summed E-state index contributed by atoms with van der Waals surface area (Å²) in [7, 11) is 0. The van der Waals surface area contributed by atoms with Gasteiger partial charge in [0.2, 0.25) is 5.89 Å². The minimum atomic E-state index is 0.610. The predicted octanol–water partition coefficient (Wildman–Crippen LogP) is 12.3. The van der Waals surface area contributed by atoms with Crippen LogP contribution >= 0.6 is 11.3 Å². The van der Waals surface area contributed by atoms with E-state index in [0.29, 0.717) is 5.89 Å². The highest BCUT2D eigenvalue weighted by Gasteiger charge is 2.17. The van der Waals surface area contributed by atoms with Crippen LogP contribution in [0, 0.1) is 0 Å². The molecule has 0 N–H and O–H groups in total. The van der Waals surface area contributed by atoms with Crippen molar-refractivity contribution in [1.29, 1.82) is 0 Å². The number of benzene rings is 6. The molecule has 218 valence electrons.